The lowest BCUT2D eigenvalue weighted by Crippen LogP contribution is -2.15. The van der Waals surface area contributed by atoms with Gasteiger partial charge in [-0.3, -0.25) is 0 Å². The van der Waals surface area contributed by atoms with Crippen LogP contribution in [0.4, 0.5) is 0 Å². The van der Waals surface area contributed by atoms with E-state index in [0.717, 1.165) is 32.5 Å². The molecule has 0 saturated carbocycles. The molecule has 0 radical (unpaired) electrons. The summed E-state index contributed by atoms with van der Waals surface area (Å²) >= 11 is 6.31. The first-order chi connectivity index (χ1) is 9.08. The molecule has 1 unspecified atom stereocenters. The van der Waals surface area contributed by atoms with E-state index in [1.165, 1.54) is 0 Å². The molecule has 0 fully saturated rings. The van der Waals surface area contributed by atoms with Crippen molar-refractivity contribution in [3.63, 3.8) is 0 Å². The van der Waals surface area contributed by atoms with Crippen molar-refractivity contribution in [2.24, 2.45) is 11.7 Å². The summed E-state index contributed by atoms with van der Waals surface area (Å²) in [5.41, 5.74) is 7.02. The third-order valence-corrected chi connectivity index (χ3v) is 3.85. The summed E-state index contributed by atoms with van der Waals surface area (Å²) in [5.74, 6) is 1.15. The molecule has 3 heteroatoms. The summed E-state index contributed by atoms with van der Waals surface area (Å²) in [6.45, 7) is 4.17. The smallest absolute Gasteiger partial charge is 0.142 e. The Morgan fingerprint density at radius 2 is 1.79 bits per heavy atom. The van der Waals surface area contributed by atoms with Gasteiger partial charge < -0.3 is 10.2 Å². The number of nitrogens with two attached hydrogens (primary N) is 1. The summed E-state index contributed by atoms with van der Waals surface area (Å²) in [5, 5.41) is 3.80. The minimum Gasteiger partial charge on any atom is -0.459 e. The molecular formula is C16H16ClNO. The van der Waals surface area contributed by atoms with Crippen LogP contribution in [0.25, 0.3) is 21.7 Å². The van der Waals surface area contributed by atoms with Gasteiger partial charge in [0, 0.05) is 21.2 Å². The summed E-state index contributed by atoms with van der Waals surface area (Å²) in [7, 11) is 0. The Hall–Kier alpha value is -1.51. The number of furan rings is 1. The minimum absolute atomic E-state index is 0.0927. The Kier molecular flexibility index (Phi) is 3.00. The SMILES string of the molecule is CC(C)C(N)c1cc2cc(Cl)c3ccccc3c2o1. The molecule has 1 heterocycles. The molecule has 0 spiro atoms. The van der Waals surface area contributed by atoms with E-state index >= 15 is 0 Å². The van der Waals surface area contributed by atoms with E-state index in [9.17, 15) is 0 Å². The van der Waals surface area contributed by atoms with Gasteiger partial charge in [0.15, 0.2) is 0 Å². The van der Waals surface area contributed by atoms with Gasteiger partial charge in [-0.2, -0.15) is 0 Å². The minimum atomic E-state index is -0.0927. The molecule has 0 amide bonds. The van der Waals surface area contributed by atoms with E-state index in [-0.39, 0.29) is 6.04 Å². The van der Waals surface area contributed by atoms with Crippen LogP contribution in [0.1, 0.15) is 25.6 Å². The first kappa shape index (κ1) is 12.5. The monoisotopic (exact) mass is 273 g/mol. The van der Waals surface area contributed by atoms with Crippen molar-refractivity contribution >= 4 is 33.3 Å². The fourth-order valence-corrected chi connectivity index (χ4v) is 2.62. The van der Waals surface area contributed by atoms with E-state index < -0.39 is 0 Å². The number of hydrogen-bond donors (Lipinski definition) is 1. The molecule has 3 rings (SSSR count). The van der Waals surface area contributed by atoms with Crippen LogP contribution in [0.3, 0.4) is 0 Å². The van der Waals surface area contributed by atoms with Gasteiger partial charge in [-0.05, 0) is 18.1 Å². The van der Waals surface area contributed by atoms with Gasteiger partial charge in [0.1, 0.15) is 11.3 Å². The van der Waals surface area contributed by atoms with E-state index in [1.807, 2.05) is 36.4 Å². The van der Waals surface area contributed by atoms with Crippen LogP contribution in [0, 0.1) is 5.92 Å². The molecule has 0 saturated heterocycles. The Balaban J connectivity index is 2.31. The predicted octanol–water partition coefficient (Wildman–Crippen LogP) is 4.90. The van der Waals surface area contributed by atoms with Crippen LogP contribution in [0.2, 0.25) is 5.02 Å². The quantitative estimate of drug-likeness (QED) is 0.722. The predicted molar refractivity (Wildman–Crippen MR) is 80.5 cm³/mol. The molecule has 0 aliphatic carbocycles. The maximum atomic E-state index is 6.31. The lowest BCUT2D eigenvalue weighted by Gasteiger charge is -2.11. The van der Waals surface area contributed by atoms with Crippen molar-refractivity contribution in [1.29, 1.82) is 0 Å². The maximum Gasteiger partial charge on any atom is 0.142 e. The zero-order valence-electron chi connectivity index (χ0n) is 11.0. The van der Waals surface area contributed by atoms with Gasteiger partial charge in [0.2, 0.25) is 0 Å². The molecule has 0 aliphatic rings. The molecular weight excluding hydrogens is 258 g/mol. The summed E-state index contributed by atoms with van der Waals surface area (Å²) < 4.78 is 5.98. The van der Waals surface area contributed by atoms with Gasteiger partial charge in [-0.25, -0.2) is 0 Å². The Morgan fingerprint density at radius 1 is 1.11 bits per heavy atom. The fourth-order valence-electron chi connectivity index (χ4n) is 2.34. The van der Waals surface area contributed by atoms with Crippen molar-refractivity contribution in [3.8, 4) is 0 Å². The second-order valence-electron chi connectivity index (χ2n) is 5.24. The average molecular weight is 274 g/mol. The molecule has 2 N–H and O–H groups in total. The maximum absolute atomic E-state index is 6.31. The van der Waals surface area contributed by atoms with Crippen LogP contribution in [0.15, 0.2) is 40.8 Å². The molecule has 3 aromatic rings. The highest BCUT2D eigenvalue weighted by Gasteiger charge is 2.17. The van der Waals surface area contributed by atoms with E-state index in [0.29, 0.717) is 5.92 Å². The molecule has 1 aromatic heterocycles. The van der Waals surface area contributed by atoms with Crippen LogP contribution in [-0.2, 0) is 0 Å². The lowest BCUT2D eigenvalue weighted by molar-refractivity contribution is 0.419. The van der Waals surface area contributed by atoms with E-state index in [4.69, 9.17) is 21.8 Å². The van der Waals surface area contributed by atoms with Crippen LogP contribution in [-0.4, -0.2) is 0 Å². The van der Waals surface area contributed by atoms with Gasteiger partial charge in [-0.1, -0.05) is 49.7 Å². The van der Waals surface area contributed by atoms with Gasteiger partial charge in [0.25, 0.3) is 0 Å². The number of rotatable bonds is 2. The first-order valence-electron chi connectivity index (χ1n) is 6.44. The lowest BCUT2D eigenvalue weighted by atomic mass is 10.0. The Labute approximate surface area is 117 Å². The van der Waals surface area contributed by atoms with E-state index in [1.54, 1.807) is 0 Å². The van der Waals surface area contributed by atoms with Crippen LogP contribution >= 0.6 is 11.6 Å². The van der Waals surface area contributed by atoms with Crippen LogP contribution < -0.4 is 5.73 Å². The molecule has 19 heavy (non-hydrogen) atoms. The largest absolute Gasteiger partial charge is 0.459 e. The normalized spacial score (nSPS) is 13.5. The summed E-state index contributed by atoms with van der Waals surface area (Å²) in [6.07, 6.45) is 0. The highest BCUT2D eigenvalue weighted by molar-refractivity contribution is 6.37. The molecule has 0 aliphatic heterocycles. The van der Waals surface area contributed by atoms with Crippen LogP contribution in [0.5, 0.6) is 0 Å². The van der Waals surface area contributed by atoms with Gasteiger partial charge in [0.05, 0.1) is 6.04 Å². The van der Waals surface area contributed by atoms with Gasteiger partial charge in [-0.15, -0.1) is 0 Å². The second-order valence-corrected chi connectivity index (χ2v) is 5.65. The zero-order valence-corrected chi connectivity index (χ0v) is 11.7. The fraction of sp³-hybridized carbons (Fsp3) is 0.250. The first-order valence-corrected chi connectivity index (χ1v) is 6.82. The van der Waals surface area contributed by atoms with Crippen molar-refractivity contribution in [2.75, 3.05) is 0 Å². The van der Waals surface area contributed by atoms with Crippen molar-refractivity contribution in [1.82, 2.24) is 0 Å². The van der Waals surface area contributed by atoms with Crippen molar-refractivity contribution < 1.29 is 4.42 Å². The summed E-state index contributed by atoms with van der Waals surface area (Å²) in [6, 6.07) is 11.8. The summed E-state index contributed by atoms with van der Waals surface area (Å²) in [4.78, 5) is 0. The van der Waals surface area contributed by atoms with E-state index in [2.05, 4.69) is 13.8 Å². The second kappa shape index (κ2) is 4.55. The average Bonchev–Trinajstić information content (AvgIpc) is 2.82. The molecule has 98 valence electrons. The van der Waals surface area contributed by atoms with Crippen molar-refractivity contribution in [2.45, 2.75) is 19.9 Å². The number of fused-ring (bicyclic) bond motifs is 3. The number of hydrogen-bond acceptors (Lipinski definition) is 2. The number of benzene rings is 2. The molecule has 0 bridgehead atoms. The molecule has 1 atom stereocenters. The highest BCUT2D eigenvalue weighted by Crippen LogP contribution is 2.35. The topological polar surface area (TPSA) is 39.2 Å². The number of halogens is 1. The highest BCUT2D eigenvalue weighted by atomic mass is 35.5. The molecule has 2 nitrogen and oxygen atoms in total. The molecule has 2 aromatic carbocycles. The third kappa shape index (κ3) is 2.01. The Bertz CT molecular complexity index is 745. The third-order valence-electron chi connectivity index (χ3n) is 3.54. The Morgan fingerprint density at radius 3 is 2.47 bits per heavy atom. The zero-order chi connectivity index (χ0) is 13.6. The van der Waals surface area contributed by atoms with Gasteiger partial charge >= 0.3 is 0 Å². The van der Waals surface area contributed by atoms with Crippen molar-refractivity contribution in [3.05, 3.63) is 47.2 Å². The standard InChI is InChI=1S/C16H16ClNO/c1-9(2)15(18)14-8-10-7-13(17)11-5-3-4-6-12(11)16(10)19-14/h3-9,15H,18H2,1-2H3.